The van der Waals surface area contributed by atoms with E-state index in [1.807, 2.05) is 6.26 Å². The molecule has 19 heavy (non-hydrogen) atoms. The minimum atomic E-state index is -0.934. The molecule has 5 heteroatoms. The van der Waals surface area contributed by atoms with Crippen LogP contribution in [-0.2, 0) is 9.59 Å². The first kappa shape index (κ1) is 16.3. The van der Waals surface area contributed by atoms with E-state index < -0.39 is 12.0 Å². The fraction of sp³-hybridized carbons (Fsp3) is 0.857. The van der Waals surface area contributed by atoms with E-state index in [2.05, 4.69) is 19.2 Å². The van der Waals surface area contributed by atoms with Crippen LogP contribution in [0.15, 0.2) is 0 Å². The summed E-state index contributed by atoms with van der Waals surface area (Å²) in [6.07, 6.45) is 6.54. The van der Waals surface area contributed by atoms with Gasteiger partial charge in [-0.2, -0.15) is 11.8 Å². The third kappa shape index (κ3) is 4.71. The SMILES string of the molecule is CSCC[C@@H](NC(=O)C1CCCCC1(C)C)C(=O)O. The second-order valence-corrected chi connectivity index (χ2v) is 6.95. The highest BCUT2D eigenvalue weighted by Gasteiger charge is 2.38. The highest BCUT2D eigenvalue weighted by Crippen LogP contribution is 2.40. The standard InChI is InChI=1S/C14H25NO3S/c1-14(2)8-5-4-6-10(14)12(16)15-11(13(17)18)7-9-19-3/h10-11H,4-9H2,1-3H3,(H,15,16)(H,17,18)/t10?,11-/m1/s1. The number of carbonyl (C=O) groups is 2. The smallest absolute Gasteiger partial charge is 0.326 e. The monoisotopic (exact) mass is 287 g/mol. The number of carboxylic acids is 1. The summed E-state index contributed by atoms with van der Waals surface area (Å²) in [4.78, 5) is 23.5. The van der Waals surface area contributed by atoms with Crippen LogP contribution in [0.25, 0.3) is 0 Å². The molecule has 0 aromatic carbocycles. The van der Waals surface area contributed by atoms with E-state index in [1.165, 1.54) is 0 Å². The lowest BCUT2D eigenvalue weighted by Gasteiger charge is -2.38. The van der Waals surface area contributed by atoms with E-state index >= 15 is 0 Å². The van der Waals surface area contributed by atoms with Gasteiger partial charge < -0.3 is 10.4 Å². The topological polar surface area (TPSA) is 66.4 Å². The Morgan fingerprint density at radius 3 is 2.63 bits per heavy atom. The molecule has 1 saturated carbocycles. The summed E-state index contributed by atoms with van der Waals surface area (Å²) in [5, 5.41) is 11.9. The molecule has 4 nitrogen and oxygen atoms in total. The Labute approximate surface area is 119 Å². The number of carboxylic acid groups (broad SMARTS) is 1. The quantitative estimate of drug-likeness (QED) is 0.788. The van der Waals surface area contributed by atoms with Crippen LogP contribution in [0.5, 0.6) is 0 Å². The summed E-state index contributed by atoms with van der Waals surface area (Å²) in [5.41, 5.74) is -0.0229. The Hall–Kier alpha value is -0.710. The van der Waals surface area contributed by atoms with Gasteiger partial charge in [-0.25, -0.2) is 4.79 Å². The number of carbonyl (C=O) groups excluding carboxylic acids is 1. The molecule has 0 saturated heterocycles. The normalized spacial score (nSPS) is 23.6. The lowest BCUT2D eigenvalue weighted by molar-refractivity contribution is -0.143. The summed E-state index contributed by atoms with van der Waals surface area (Å²) in [6, 6.07) is -0.752. The summed E-state index contributed by atoms with van der Waals surface area (Å²) in [5.74, 6) is -0.336. The molecule has 2 atom stereocenters. The Morgan fingerprint density at radius 1 is 1.42 bits per heavy atom. The van der Waals surface area contributed by atoms with Crippen molar-refractivity contribution in [1.82, 2.24) is 5.32 Å². The van der Waals surface area contributed by atoms with Crippen molar-refractivity contribution in [2.75, 3.05) is 12.0 Å². The van der Waals surface area contributed by atoms with Gasteiger partial charge in [0.2, 0.25) is 5.91 Å². The van der Waals surface area contributed by atoms with Crippen LogP contribution < -0.4 is 5.32 Å². The van der Waals surface area contributed by atoms with Gasteiger partial charge in [-0.3, -0.25) is 4.79 Å². The lowest BCUT2D eigenvalue weighted by Crippen LogP contribution is -2.48. The third-order valence-corrected chi connectivity index (χ3v) is 4.69. The Kier molecular flexibility index (Phi) is 6.17. The Bertz CT molecular complexity index is 331. The van der Waals surface area contributed by atoms with Gasteiger partial charge in [0.25, 0.3) is 0 Å². The van der Waals surface area contributed by atoms with E-state index in [1.54, 1.807) is 11.8 Å². The van der Waals surface area contributed by atoms with Gasteiger partial charge in [-0.1, -0.05) is 26.7 Å². The largest absolute Gasteiger partial charge is 0.480 e. The fourth-order valence-corrected chi connectivity index (χ4v) is 3.22. The first-order chi connectivity index (χ1) is 8.88. The lowest BCUT2D eigenvalue weighted by atomic mass is 9.68. The third-order valence-electron chi connectivity index (χ3n) is 4.05. The minimum Gasteiger partial charge on any atom is -0.480 e. The molecule has 0 aromatic heterocycles. The first-order valence-electron chi connectivity index (χ1n) is 6.90. The average molecular weight is 287 g/mol. The molecule has 0 bridgehead atoms. The zero-order valence-corrected chi connectivity index (χ0v) is 12.9. The van der Waals surface area contributed by atoms with Crippen molar-refractivity contribution in [2.24, 2.45) is 11.3 Å². The molecule has 0 aromatic rings. The number of nitrogens with one attached hydrogen (secondary N) is 1. The van der Waals surface area contributed by atoms with Crippen LogP contribution in [0.3, 0.4) is 0 Å². The Morgan fingerprint density at radius 2 is 2.11 bits per heavy atom. The molecule has 0 spiro atoms. The van der Waals surface area contributed by atoms with Gasteiger partial charge in [0.05, 0.1) is 0 Å². The van der Waals surface area contributed by atoms with Crippen LogP contribution in [0.2, 0.25) is 0 Å². The van der Waals surface area contributed by atoms with E-state index in [0.717, 1.165) is 31.4 Å². The van der Waals surface area contributed by atoms with Crippen molar-refractivity contribution in [3.05, 3.63) is 0 Å². The second kappa shape index (κ2) is 7.17. The molecule has 1 amide bonds. The Balaban J connectivity index is 2.62. The molecular weight excluding hydrogens is 262 g/mol. The molecular formula is C14H25NO3S. The van der Waals surface area contributed by atoms with Gasteiger partial charge in [-0.05, 0) is 36.7 Å². The highest BCUT2D eigenvalue weighted by atomic mass is 32.2. The van der Waals surface area contributed by atoms with Crippen LogP contribution in [0, 0.1) is 11.3 Å². The van der Waals surface area contributed by atoms with Crippen molar-refractivity contribution < 1.29 is 14.7 Å². The van der Waals surface area contributed by atoms with Crippen LogP contribution in [0.4, 0.5) is 0 Å². The zero-order chi connectivity index (χ0) is 14.5. The molecule has 1 unspecified atom stereocenters. The van der Waals surface area contributed by atoms with E-state index in [-0.39, 0.29) is 17.2 Å². The molecule has 110 valence electrons. The number of hydrogen-bond donors (Lipinski definition) is 2. The van der Waals surface area contributed by atoms with Crippen molar-refractivity contribution >= 4 is 23.6 Å². The molecule has 2 N–H and O–H groups in total. The maximum Gasteiger partial charge on any atom is 0.326 e. The maximum atomic E-state index is 12.3. The molecule has 1 fully saturated rings. The summed E-state index contributed by atoms with van der Waals surface area (Å²) in [6.45, 7) is 4.21. The van der Waals surface area contributed by atoms with Gasteiger partial charge in [0.1, 0.15) is 6.04 Å². The average Bonchev–Trinajstić information content (AvgIpc) is 2.33. The van der Waals surface area contributed by atoms with Gasteiger partial charge in [-0.15, -0.1) is 0 Å². The van der Waals surface area contributed by atoms with Crippen molar-refractivity contribution in [1.29, 1.82) is 0 Å². The molecule has 1 aliphatic carbocycles. The van der Waals surface area contributed by atoms with Crippen LogP contribution >= 0.6 is 11.8 Å². The zero-order valence-electron chi connectivity index (χ0n) is 12.1. The molecule has 1 aliphatic rings. The van der Waals surface area contributed by atoms with Crippen molar-refractivity contribution in [3.63, 3.8) is 0 Å². The predicted octanol–water partition coefficient (Wildman–Crippen LogP) is 2.53. The summed E-state index contributed by atoms with van der Waals surface area (Å²) < 4.78 is 0. The molecule has 0 aliphatic heterocycles. The molecule has 1 rings (SSSR count). The number of aliphatic carboxylic acids is 1. The van der Waals surface area contributed by atoms with E-state index in [9.17, 15) is 9.59 Å². The highest BCUT2D eigenvalue weighted by molar-refractivity contribution is 7.98. The number of thioether (sulfide) groups is 1. The van der Waals surface area contributed by atoms with E-state index in [0.29, 0.717) is 6.42 Å². The summed E-state index contributed by atoms with van der Waals surface area (Å²) >= 11 is 1.60. The number of hydrogen-bond acceptors (Lipinski definition) is 3. The van der Waals surface area contributed by atoms with Gasteiger partial charge in [0.15, 0.2) is 0 Å². The summed E-state index contributed by atoms with van der Waals surface area (Å²) in [7, 11) is 0. The maximum absolute atomic E-state index is 12.3. The van der Waals surface area contributed by atoms with Crippen molar-refractivity contribution in [2.45, 2.75) is 52.0 Å². The van der Waals surface area contributed by atoms with Crippen LogP contribution in [0.1, 0.15) is 46.0 Å². The number of rotatable bonds is 6. The number of amides is 1. The van der Waals surface area contributed by atoms with Crippen LogP contribution in [-0.4, -0.2) is 35.0 Å². The molecule has 0 radical (unpaired) electrons. The minimum absolute atomic E-state index is 0.0229. The van der Waals surface area contributed by atoms with Crippen molar-refractivity contribution in [3.8, 4) is 0 Å². The van der Waals surface area contributed by atoms with E-state index in [4.69, 9.17) is 5.11 Å². The fourth-order valence-electron chi connectivity index (χ4n) is 2.75. The predicted molar refractivity (Wildman–Crippen MR) is 78.3 cm³/mol. The second-order valence-electron chi connectivity index (χ2n) is 5.97. The molecule has 0 heterocycles. The first-order valence-corrected chi connectivity index (χ1v) is 8.30. The van der Waals surface area contributed by atoms with Gasteiger partial charge >= 0.3 is 5.97 Å². The van der Waals surface area contributed by atoms with Gasteiger partial charge in [0, 0.05) is 5.92 Å².